The number of nitro groups is 1. The number of benzene rings is 1. The molecule has 1 aliphatic rings. The van der Waals surface area contributed by atoms with Gasteiger partial charge in [0.2, 0.25) is 0 Å². The molecule has 19 heavy (non-hydrogen) atoms. The van der Waals surface area contributed by atoms with E-state index in [0.29, 0.717) is 17.9 Å². The number of nitrogens with two attached hydrogens (primary N) is 1. The summed E-state index contributed by atoms with van der Waals surface area (Å²) in [5, 5.41) is 22.6. The molecule has 1 fully saturated rings. The highest BCUT2D eigenvalue weighted by atomic mass is 16.6. The molecular weight excluding hydrogens is 252 g/mol. The number of amidine groups is 1. The van der Waals surface area contributed by atoms with Gasteiger partial charge in [-0.3, -0.25) is 10.1 Å². The van der Waals surface area contributed by atoms with E-state index in [0.717, 1.165) is 6.42 Å². The summed E-state index contributed by atoms with van der Waals surface area (Å²) in [6.45, 7) is 0.642. The third-order valence-electron chi connectivity index (χ3n) is 3.06. The van der Waals surface area contributed by atoms with E-state index in [2.05, 4.69) is 5.16 Å². The van der Waals surface area contributed by atoms with Crippen molar-refractivity contribution in [2.75, 3.05) is 18.6 Å². The number of hydrogen-bond donors (Lipinski definition) is 2. The van der Waals surface area contributed by atoms with Crippen molar-refractivity contribution >= 4 is 17.2 Å². The Morgan fingerprint density at radius 2 is 2.37 bits per heavy atom. The maximum Gasteiger partial charge on any atom is 0.292 e. The average molecular weight is 266 g/mol. The quantitative estimate of drug-likeness (QED) is 0.275. The first-order chi connectivity index (χ1) is 9.04. The van der Waals surface area contributed by atoms with Gasteiger partial charge in [-0.05, 0) is 12.1 Å². The number of nitro benzene ring substituents is 1. The van der Waals surface area contributed by atoms with Crippen LogP contribution in [-0.2, 0) is 4.74 Å². The van der Waals surface area contributed by atoms with Crippen molar-refractivity contribution in [3.05, 3.63) is 33.9 Å². The highest BCUT2D eigenvalue weighted by Gasteiger charge is 2.28. The van der Waals surface area contributed by atoms with Crippen LogP contribution in [0.15, 0.2) is 23.4 Å². The number of ether oxygens (including phenoxy) is 1. The van der Waals surface area contributed by atoms with Crippen molar-refractivity contribution in [1.29, 1.82) is 0 Å². The highest BCUT2D eigenvalue weighted by Crippen LogP contribution is 2.32. The smallest absolute Gasteiger partial charge is 0.292 e. The predicted octanol–water partition coefficient (Wildman–Crippen LogP) is 0.872. The number of oxime groups is 1. The van der Waals surface area contributed by atoms with Gasteiger partial charge >= 0.3 is 0 Å². The van der Waals surface area contributed by atoms with E-state index in [1.807, 2.05) is 0 Å². The molecule has 1 heterocycles. The molecular formula is C11H14N4O4. The maximum atomic E-state index is 11.0. The minimum atomic E-state index is -0.472. The fraction of sp³-hybridized carbons (Fsp3) is 0.364. The molecule has 8 nitrogen and oxygen atoms in total. The first-order valence-corrected chi connectivity index (χ1v) is 5.65. The Bertz CT molecular complexity index is 527. The number of nitrogens with zero attached hydrogens (tertiary/aromatic N) is 3. The first-order valence-electron chi connectivity index (χ1n) is 5.65. The van der Waals surface area contributed by atoms with E-state index in [-0.39, 0.29) is 17.8 Å². The molecule has 8 heteroatoms. The molecule has 1 aromatic carbocycles. The molecule has 0 aliphatic carbocycles. The second-order valence-corrected chi connectivity index (χ2v) is 4.17. The van der Waals surface area contributed by atoms with E-state index < -0.39 is 4.92 Å². The van der Waals surface area contributed by atoms with E-state index in [9.17, 15) is 10.1 Å². The lowest BCUT2D eigenvalue weighted by Gasteiger charge is -2.36. The standard InChI is InChI=1S/C11H14N4O4/c1-14(10-4-5-19-10)9-6-7(11(12)13-16)2-3-8(9)15(17)18/h2-3,6,10,16H,4-5H2,1H3,(H2,12,13)/t10-/m0/s1. The van der Waals surface area contributed by atoms with Gasteiger partial charge in [0.15, 0.2) is 5.84 Å². The fourth-order valence-corrected chi connectivity index (χ4v) is 1.86. The monoisotopic (exact) mass is 266 g/mol. The average Bonchev–Trinajstić information content (AvgIpc) is 2.34. The topological polar surface area (TPSA) is 114 Å². The van der Waals surface area contributed by atoms with Gasteiger partial charge in [0.25, 0.3) is 5.69 Å². The van der Waals surface area contributed by atoms with Crippen LogP contribution in [-0.4, -0.2) is 35.8 Å². The molecule has 0 bridgehead atoms. The van der Waals surface area contributed by atoms with Gasteiger partial charge in [-0.1, -0.05) is 5.16 Å². The van der Waals surface area contributed by atoms with Gasteiger partial charge in [0.05, 0.1) is 11.5 Å². The Morgan fingerprint density at radius 3 is 2.84 bits per heavy atom. The number of anilines is 1. The molecule has 1 atom stereocenters. The normalized spacial score (nSPS) is 18.8. The minimum Gasteiger partial charge on any atom is -0.409 e. The first kappa shape index (κ1) is 13.1. The third-order valence-corrected chi connectivity index (χ3v) is 3.06. The second-order valence-electron chi connectivity index (χ2n) is 4.17. The molecule has 1 saturated heterocycles. The molecule has 1 aliphatic heterocycles. The van der Waals surface area contributed by atoms with Crippen molar-refractivity contribution in [2.24, 2.45) is 10.9 Å². The lowest BCUT2D eigenvalue weighted by Crippen LogP contribution is -2.42. The van der Waals surface area contributed by atoms with Crippen LogP contribution < -0.4 is 10.6 Å². The van der Waals surface area contributed by atoms with Crippen LogP contribution in [0.4, 0.5) is 11.4 Å². The molecule has 0 aromatic heterocycles. The molecule has 0 radical (unpaired) electrons. The molecule has 102 valence electrons. The Hall–Kier alpha value is -2.35. The number of hydrogen-bond acceptors (Lipinski definition) is 6. The minimum absolute atomic E-state index is 0.0486. The van der Waals surface area contributed by atoms with Gasteiger partial charge in [0, 0.05) is 25.1 Å². The largest absolute Gasteiger partial charge is 0.409 e. The van der Waals surface area contributed by atoms with Crippen LogP contribution >= 0.6 is 0 Å². The zero-order valence-corrected chi connectivity index (χ0v) is 10.3. The Kier molecular flexibility index (Phi) is 3.52. The molecule has 0 amide bonds. The predicted molar refractivity (Wildman–Crippen MR) is 68.4 cm³/mol. The van der Waals surface area contributed by atoms with Crippen LogP contribution in [0.3, 0.4) is 0 Å². The fourth-order valence-electron chi connectivity index (χ4n) is 1.86. The summed E-state index contributed by atoms with van der Waals surface area (Å²) in [6, 6.07) is 4.28. The van der Waals surface area contributed by atoms with Crippen molar-refractivity contribution in [1.82, 2.24) is 0 Å². The summed E-state index contributed by atoms with van der Waals surface area (Å²) in [7, 11) is 1.71. The summed E-state index contributed by atoms with van der Waals surface area (Å²) < 4.78 is 5.30. The Morgan fingerprint density at radius 1 is 1.68 bits per heavy atom. The van der Waals surface area contributed by atoms with Crippen LogP contribution in [0, 0.1) is 10.1 Å². The van der Waals surface area contributed by atoms with Crippen LogP contribution in [0.5, 0.6) is 0 Å². The SMILES string of the molecule is CN(c1cc(/C(N)=N/O)ccc1[N+](=O)[O-])[C@@H]1CCO1. The van der Waals surface area contributed by atoms with Gasteiger partial charge < -0.3 is 20.6 Å². The van der Waals surface area contributed by atoms with Crippen LogP contribution in [0.1, 0.15) is 12.0 Å². The van der Waals surface area contributed by atoms with E-state index in [4.69, 9.17) is 15.7 Å². The van der Waals surface area contributed by atoms with E-state index in [1.165, 1.54) is 18.2 Å². The Balaban J connectivity index is 2.43. The molecule has 2 rings (SSSR count). The summed E-state index contributed by atoms with van der Waals surface area (Å²) in [5.74, 6) is -0.0981. The van der Waals surface area contributed by atoms with Gasteiger partial charge in [-0.15, -0.1) is 0 Å². The maximum absolute atomic E-state index is 11.0. The third kappa shape index (κ3) is 2.43. The Labute approximate surface area is 109 Å². The highest BCUT2D eigenvalue weighted by molar-refractivity contribution is 5.98. The van der Waals surface area contributed by atoms with Crippen molar-refractivity contribution < 1.29 is 14.9 Å². The summed E-state index contributed by atoms with van der Waals surface area (Å²) in [6.07, 6.45) is 0.628. The molecule has 1 aromatic rings. The van der Waals surface area contributed by atoms with Crippen molar-refractivity contribution in [2.45, 2.75) is 12.6 Å². The second kappa shape index (κ2) is 5.11. The number of rotatable bonds is 4. The van der Waals surface area contributed by atoms with Crippen LogP contribution in [0.25, 0.3) is 0 Å². The summed E-state index contributed by atoms with van der Waals surface area (Å²) in [4.78, 5) is 12.2. The van der Waals surface area contributed by atoms with Gasteiger partial charge in [-0.2, -0.15) is 0 Å². The zero-order valence-electron chi connectivity index (χ0n) is 10.3. The zero-order chi connectivity index (χ0) is 14.0. The lowest BCUT2D eigenvalue weighted by molar-refractivity contribution is -0.384. The van der Waals surface area contributed by atoms with Gasteiger partial charge in [0.1, 0.15) is 11.9 Å². The molecule has 0 spiro atoms. The van der Waals surface area contributed by atoms with E-state index in [1.54, 1.807) is 11.9 Å². The van der Waals surface area contributed by atoms with Gasteiger partial charge in [-0.25, -0.2) is 0 Å². The molecule has 3 N–H and O–H groups in total. The molecule has 0 unspecified atom stereocenters. The summed E-state index contributed by atoms with van der Waals surface area (Å²) >= 11 is 0. The van der Waals surface area contributed by atoms with Crippen LogP contribution in [0.2, 0.25) is 0 Å². The van der Waals surface area contributed by atoms with Crippen molar-refractivity contribution in [3.63, 3.8) is 0 Å². The van der Waals surface area contributed by atoms with E-state index >= 15 is 0 Å². The molecule has 0 saturated carbocycles. The lowest BCUT2D eigenvalue weighted by atomic mass is 10.1. The summed E-state index contributed by atoms with van der Waals surface area (Å²) in [5.41, 5.74) is 6.23. The van der Waals surface area contributed by atoms with Crippen molar-refractivity contribution in [3.8, 4) is 0 Å².